The van der Waals surface area contributed by atoms with Gasteiger partial charge in [-0.05, 0) is 60.9 Å². The van der Waals surface area contributed by atoms with Crippen LogP contribution in [0.3, 0.4) is 0 Å². The fourth-order valence-electron chi connectivity index (χ4n) is 4.22. The van der Waals surface area contributed by atoms with E-state index in [1.54, 1.807) is 18.2 Å². The van der Waals surface area contributed by atoms with E-state index < -0.39 is 17.7 Å². The van der Waals surface area contributed by atoms with Crippen molar-refractivity contribution < 1.29 is 19.8 Å². The molecule has 1 atom stereocenters. The van der Waals surface area contributed by atoms with Crippen molar-refractivity contribution in [1.82, 2.24) is 10.2 Å². The van der Waals surface area contributed by atoms with Crippen LogP contribution in [0.25, 0.3) is 5.76 Å². The summed E-state index contributed by atoms with van der Waals surface area (Å²) in [4.78, 5) is 28.0. The van der Waals surface area contributed by atoms with Gasteiger partial charge in [-0.1, -0.05) is 76.7 Å². The molecule has 1 aliphatic heterocycles. The van der Waals surface area contributed by atoms with Crippen LogP contribution in [0.5, 0.6) is 5.75 Å². The van der Waals surface area contributed by atoms with Crippen LogP contribution < -0.4 is 4.90 Å². The number of carbonyl (C=O) groups is 2. The third kappa shape index (κ3) is 5.05. The molecule has 4 aromatic rings. The number of aryl methyl sites for hydroxylation is 2. The molecule has 38 heavy (non-hydrogen) atoms. The van der Waals surface area contributed by atoms with Gasteiger partial charge in [0, 0.05) is 16.3 Å². The Bertz CT molecular complexity index is 1570. The van der Waals surface area contributed by atoms with Crippen molar-refractivity contribution in [3.05, 3.63) is 105 Å². The number of anilines is 1. The van der Waals surface area contributed by atoms with Crippen molar-refractivity contribution in [1.29, 1.82) is 0 Å². The zero-order chi connectivity index (χ0) is 27.0. The molecule has 1 unspecified atom stereocenters. The van der Waals surface area contributed by atoms with Crippen molar-refractivity contribution in [2.24, 2.45) is 0 Å². The first-order chi connectivity index (χ1) is 18.2. The predicted molar refractivity (Wildman–Crippen MR) is 150 cm³/mol. The third-order valence-electron chi connectivity index (χ3n) is 6.18. The van der Waals surface area contributed by atoms with E-state index in [4.69, 9.17) is 11.6 Å². The molecule has 1 fully saturated rings. The summed E-state index contributed by atoms with van der Waals surface area (Å²) in [5.74, 6) is -1.21. The highest BCUT2D eigenvalue weighted by Crippen LogP contribution is 2.44. The molecular weight excluding hydrogens is 542 g/mol. The Hall–Kier alpha value is -3.66. The number of rotatable bonds is 6. The Kier molecular flexibility index (Phi) is 7.25. The van der Waals surface area contributed by atoms with E-state index >= 15 is 0 Å². The SMILES string of the molecule is Cc1ccc(C)c(/C(O)=C2\C(=O)C(=O)N(c3nnc(SCc4ccc(Cl)cc4)s3)C2c2ccc(O)cc2)c1. The van der Waals surface area contributed by atoms with Gasteiger partial charge in [-0.2, -0.15) is 0 Å². The third-order valence-corrected chi connectivity index (χ3v) is 8.56. The fourth-order valence-corrected chi connectivity index (χ4v) is 6.17. The minimum Gasteiger partial charge on any atom is -0.508 e. The maximum atomic E-state index is 13.4. The van der Waals surface area contributed by atoms with Gasteiger partial charge in [0.25, 0.3) is 5.78 Å². The average molecular weight is 564 g/mol. The normalized spacial score (nSPS) is 16.8. The fraction of sp³-hybridized carbons (Fsp3) is 0.143. The van der Waals surface area contributed by atoms with Crippen LogP contribution in [0, 0.1) is 13.8 Å². The van der Waals surface area contributed by atoms with Gasteiger partial charge in [0.2, 0.25) is 5.13 Å². The highest BCUT2D eigenvalue weighted by atomic mass is 35.5. The van der Waals surface area contributed by atoms with Crippen LogP contribution in [0.2, 0.25) is 5.02 Å². The van der Waals surface area contributed by atoms with E-state index in [-0.39, 0.29) is 22.2 Å². The van der Waals surface area contributed by atoms with Crippen molar-refractivity contribution >= 4 is 57.3 Å². The average Bonchev–Trinajstić information content (AvgIpc) is 3.47. The number of aliphatic hydroxyl groups is 1. The summed E-state index contributed by atoms with van der Waals surface area (Å²) in [6, 6.07) is 18.3. The number of benzene rings is 3. The number of hydrogen-bond acceptors (Lipinski definition) is 8. The summed E-state index contributed by atoms with van der Waals surface area (Å²) in [7, 11) is 0. The Morgan fingerprint density at radius 2 is 1.74 bits per heavy atom. The molecule has 2 heterocycles. The Balaban J connectivity index is 1.55. The maximum Gasteiger partial charge on any atom is 0.301 e. The van der Waals surface area contributed by atoms with Crippen molar-refractivity contribution in [2.45, 2.75) is 30.0 Å². The Morgan fingerprint density at radius 1 is 1.03 bits per heavy atom. The molecule has 7 nitrogen and oxygen atoms in total. The summed E-state index contributed by atoms with van der Waals surface area (Å²) >= 11 is 8.61. The lowest BCUT2D eigenvalue weighted by atomic mass is 9.93. The number of Topliss-reactive ketones (excluding diaryl/α,β-unsaturated/α-hetero) is 1. The summed E-state index contributed by atoms with van der Waals surface area (Å²) in [6.45, 7) is 3.71. The molecule has 1 saturated heterocycles. The second kappa shape index (κ2) is 10.6. The van der Waals surface area contributed by atoms with Gasteiger partial charge in [0.15, 0.2) is 4.34 Å². The van der Waals surface area contributed by atoms with Gasteiger partial charge in [-0.3, -0.25) is 14.5 Å². The molecule has 192 valence electrons. The number of aromatic nitrogens is 2. The van der Waals surface area contributed by atoms with Crippen LogP contribution >= 0.6 is 34.7 Å². The van der Waals surface area contributed by atoms with Crippen LogP contribution in [0.1, 0.15) is 33.9 Å². The maximum absolute atomic E-state index is 13.4. The predicted octanol–water partition coefficient (Wildman–Crippen LogP) is 6.43. The number of aromatic hydroxyl groups is 1. The summed E-state index contributed by atoms with van der Waals surface area (Å²) in [6.07, 6.45) is 0. The number of aliphatic hydroxyl groups excluding tert-OH is 1. The molecule has 0 radical (unpaired) electrons. The first-order valence-corrected chi connectivity index (χ1v) is 13.8. The van der Waals surface area contributed by atoms with Crippen LogP contribution in [0.4, 0.5) is 5.13 Å². The number of thioether (sulfide) groups is 1. The molecule has 2 N–H and O–H groups in total. The number of phenolic OH excluding ortho intramolecular Hbond substituents is 1. The standard InChI is InChI=1S/C28H22ClN3O4S2/c1-15-3-4-16(2)21(13-15)24(34)22-23(18-7-11-20(33)12-8-18)32(26(36)25(22)35)27-30-31-28(38-27)37-14-17-5-9-19(29)10-6-17/h3-13,23,33-34H,14H2,1-2H3/b24-22+. The van der Waals surface area contributed by atoms with Gasteiger partial charge < -0.3 is 10.2 Å². The number of amides is 1. The van der Waals surface area contributed by atoms with Crippen molar-refractivity contribution in [3.63, 3.8) is 0 Å². The van der Waals surface area contributed by atoms with E-state index in [0.29, 0.717) is 26.2 Å². The van der Waals surface area contributed by atoms with E-state index in [1.165, 1.54) is 40.1 Å². The van der Waals surface area contributed by atoms with E-state index in [2.05, 4.69) is 10.2 Å². The second-order valence-corrected chi connectivity index (χ2v) is 11.5. The number of nitrogens with zero attached hydrogens (tertiary/aromatic N) is 3. The highest BCUT2D eigenvalue weighted by molar-refractivity contribution is 8.00. The van der Waals surface area contributed by atoms with Gasteiger partial charge in [-0.15, -0.1) is 10.2 Å². The van der Waals surface area contributed by atoms with Crippen LogP contribution in [-0.4, -0.2) is 32.1 Å². The lowest BCUT2D eigenvalue weighted by Crippen LogP contribution is -2.29. The number of hydrogen-bond donors (Lipinski definition) is 2. The van der Waals surface area contributed by atoms with E-state index in [1.807, 2.05) is 50.2 Å². The highest BCUT2D eigenvalue weighted by Gasteiger charge is 2.48. The van der Waals surface area contributed by atoms with E-state index in [9.17, 15) is 19.8 Å². The number of halogens is 1. The minimum absolute atomic E-state index is 0.0389. The topological polar surface area (TPSA) is 104 Å². The lowest BCUT2D eigenvalue weighted by Gasteiger charge is -2.22. The first kappa shape index (κ1) is 26.0. The summed E-state index contributed by atoms with van der Waals surface area (Å²) in [5, 5.41) is 30.6. The molecule has 3 aromatic carbocycles. The smallest absolute Gasteiger partial charge is 0.301 e. The molecule has 1 amide bonds. The number of ketones is 1. The molecule has 0 saturated carbocycles. The molecule has 0 aliphatic carbocycles. The van der Waals surface area contributed by atoms with Crippen LogP contribution in [0.15, 0.2) is 76.6 Å². The lowest BCUT2D eigenvalue weighted by molar-refractivity contribution is -0.132. The van der Waals surface area contributed by atoms with Gasteiger partial charge in [0.1, 0.15) is 11.5 Å². The molecule has 10 heteroatoms. The van der Waals surface area contributed by atoms with Gasteiger partial charge >= 0.3 is 5.91 Å². The molecule has 1 aliphatic rings. The first-order valence-electron chi connectivity index (χ1n) is 11.6. The Morgan fingerprint density at radius 3 is 2.45 bits per heavy atom. The summed E-state index contributed by atoms with van der Waals surface area (Å²) in [5.41, 5.74) is 3.69. The minimum atomic E-state index is -0.947. The van der Waals surface area contributed by atoms with Crippen molar-refractivity contribution in [2.75, 3.05) is 4.90 Å². The number of carbonyl (C=O) groups excluding carboxylic acids is 2. The number of phenols is 1. The van der Waals surface area contributed by atoms with Crippen LogP contribution in [-0.2, 0) is 15.3 Å². The van der Waals surface area contributed by atoms with Crippen molar-refractivity contribution in [3.8, 4) is 5.75 Å². The van der Waals surface area contributed by atoms with E-state index in [0.717, 1.165) is 16.7 Å². The zero-order valence-electron chi connectivity index (χ0n) is 20.4. The second-order valence-electron chi connectivity index (χ2n) is 8.84. The van der Waals surface area contributed by atoms with Gasteiger partial charge in [0.05, 0.1) is 11.6 Å². The largest absolute Gasteiger partial charge is 0.508 e. The zero-order valence-corrected chi connectivity index (χ0v) is 22.8. The molecular formula is C28H22ClN3O4S2. The molecule has 1 aromatic heterocycles. The molecule has 0 spiro atoms. The molecule has 5 rings (SSSR count). The quantitative estimate of drug-likeness (QED) is 0.0915. The summed E-state index contributed by atoms with van der Waals surface area (Å²) < 4.78 is 0.621. The monoisotopic (exact) mass is 563 g/mol. The van der Waals surface area contributed by atoms with Gasteiger partial charge in [-0.25, -0.2) is 0 Å². The Labute approximate surface area is 232 Å². The molecule has 0 bridgehead atoms.